The van der Waals surface area contributed by atoms with Gasteiger partial charge in [0.2, 0.25) is 0 Å². The lowest BCUT2D eigenvalue weighted by Crippen LogP contribution is -2.47. The number of aromatic hydroxyl groups is 1. The first kappa shape index (κ1) is 25.3. The second-order valence-electron chi connectivity index (χ2n) is 8.85. The number of nitrogens with one attached hydrogen (secondary N) is 1. The third-order valence-corrected chi connectivity index (χ3v) is 6.38. The van der Waals surface area contributed by atoms with Gasteiger partial charge in [-0.15, -0.1) is 0 Å². The number of halogens is 1. The van der Waals surface area contributed by atoms with Gasteiger partial charge in [0, 0.05) is 51.5 Å². The molecule has 0 saturated carbocycles. The van der Waals surface area contributed by atoms with E-state index in [9.17, 15) is 23.9 Å². The molecule has 0 atom stereocenters. The van der Waals surface area contributed by atoms with Crippen molar-refractivity contribution in [3.05, 3.63) is 68.9 Å². The van der Waals surface area contributed by atoms with Gasteiger partial charge in [-0.3, -0.25) is 19.4 Å². The van der Waals surface area contributed by atoms with Gasteiger partial charge in [-0.05, 0) is 42.8 Å². The van der Waals surface area contributed by atoms with E-state index in [1.807, 2.05) is 7.05 Å². The average molecular weight is 498 g/mol. The zero-order valence-corrected chi connectivity index (χ0v) is 20.1. The normalized spacial score (nSPS) is 14.3. The number of hydrogen-bond acceptors (Lipinski definition) is 7. The predicted molar refractivity (Wildman–Crippen MR) is 131 cm³/mol. The summed E-state index contributed by atoms with van der Waals surface area (Å²) in [4.78, 5) is 46.5. The van der Waals surface area contributed by atoms with Gasteiger partial charge in [0.25, 0.3) is 17.4 Å². The first-order valence-corrected chi connectivity index (χ1v) is 11.6. The van der Waals surface area contributed by atoms with Crippen LogP contribution in [0.15, 0.2) is 35.3 Å². The number of likely N-dealkylation sites (N-methyl/N-ethyl adjacent to an activating group) is 1. The van der Waals surface area contributed by atoms with E-state index in [1.165, 1.54) is 29.9 Å². The van der Waals surface area contributed by atoms with E-state index in [-0.39, 0.29) is 36.6 Å². The number of nitrogens with zero attached hydrogens (tertiary/aromatic N) is 4. The Morgan fingerprint density at radius 2 is 1.86 bits per heavy atom. The Morgan fingerprint density at radius 1 is 1.14 bits per heavy atom. The molecule has 0 aliphatic carbocycles. The standard InChI is InChI=1S/C25H28FN5O5/c1-29-6-8-31(9-7-29)24(35)18-13-17(26)4-3-16(18)11-15-12-19-21(28-14-15)22(33)20(25(36)30(19)2)23(34)27-5-10-32/h3-4,12-14,32-33H,5-11H2,1-2H3,(H,27,34). The van der Waals surface area contributed by atoms with Crippen molar-refractivity contribution in [3.8, 4) is 5.75 Å². The lowest BCUT2D eigenvalue weighted by atomic mass is 9.98. The van der Waals surface area contributed by atoms with E-state index in [2.05, 4.69) is 15.2 Å². The van der Waals surface area contributed by atoms with Crippen LogP contribution in [-0.4, -0.2) is 87.8 Å². The fourth-order valence-electron chi connectivity index (χ4n) is 4.29. The number of carbonyl (C=O) groups excluding carboxylic acids is 2. The van der Waals surface area contributed by atoms with Gasteiger partial charge in [-0.25, -0.2) is 4.39 Å². The number of aliphatic hydroxyl groups excluding tert-OH is 1. The maximum atomic E-state index is 14.1. The van der Waals surface area contributed by atoms with Gasteiger partial charge in [0.15, 0.2) is 5.75 Å². The summed E-state index contributed by atoms with van der Waals surface area (Å²) in [6, 6.07) is 5.74. The van der Waals surface area contributed by atoms with Crippen LogP contribution in [0.2, 0.25) is 0 Å². The highest BCUT2D eigenvalue weighted by atomic mass is 19.1. The lowest BCUT2D eigenvalue weighted by molar-refractivity contribution is 0.0662. The summed E-state index contributed by atoms with van der Waals surface area (Å²) in [5.41, 5.74) is 0.682. The van der Waals surface area contributed by atoms with Crippen LogP contribution >= 0.6 is 0 Å². The second-order valence-corrected chi connectivity index (χ2v) is 8.85. The van der Waals surface area contributed by atoms with Crippen LogP contribution in [0.3, 0.4) is 0 Å². The van der Waals surface area contributed by atoms with E-state index in [0.717, 1.165) is 13.1 Å². The molecule has 1 aliphatic rings. The summed E-state index contributed by atoms with van der Waals surface area (Å²) < 4.78 is 15.3. The molecule has 3 N–H and O–H groups in total. The minimum atomic E-state index is -0.812. The smallest absolute Gasteiger partial charge is 0.267 e. The van der Waals surface area contributed by atoms with Crippen LogP contribution in [0.1, 0.15) is 31.8 Å². The summed E-state index contributed by atoms with van der Waals surface area (Å²) in [5.74, 6) is -2.11. The van der Waals surface area contributed by atoms with E-state index in [4.69, 9.17) is 5.11 Å². The van der Waals surface area contributed by atoms with Crippen molar-refractivity contribution in [2.75, 3.05) is 46.4 Å². The van der Waals surface area contributed by atoms with Crippen molar-refractivity contribution in [3.63, 3.8) is 0 Å². The molecule has 0 bridgehead atoms. The monoisotopic (exact) mass is 497 g/mol. The van der Waals surface area contributed by atoms with Crippen molar-refractivity contribution < 1.29 is 24.2 Å². The molecule has 0 radical (unpaired) electrons. The van der Waals surface area contributed by atoms with Gasteiger partial charge in [0.05, 0.1) is 12.1 Å². The maximum Gasteiger partial charge on any atom is 0.267 e. The van der Waals surface area contributed by atoms with Crippen LogP contribution in [0.25, 0.3) is 11.0 Å². The summed E-state index contributed by atoms with van der Waals surface area (Å²) in [7, 11) is 3.44. The van der Waals surface area contributed by atoms with Gasteiger partial charge >= 0.3 is 0 Å². The molecule has 3 aromatic rings. The van der Waals surface area contributed by atoms with Gasteiger partial charge in [-0.1, -0.05) is 6.07 Å². The molecule has 2 amide bonds. The quantitative estimate of drug-likeness (QED) is 0.452. The number of benzene rings is 1. The molecule has 0 unspecified atom stereocenters. The van der Waals surface area contributed by atoms with Crippen molar-refractivity contribution in [2.24, 2.45) is 7.05 Å². The van der Waals surface area contributed by atoms with Gasteiger partial charge in [0.1, 0.15) is 16.9 Å². The molecule has 1 saturated heterocycles. The highest BCUT2D eigenvalue weighted by Crippen LogP contribution is 2.26. The molecule has 11 heteroatoms. The lowest BCUT2D eigenvalue weighted by Gasteiger charge is -2.32. The van der Waals surface area contributed by atoms with E-state index in [0.29, 0.717) is 29.7 Å². The number of aryl methyl sites for hydroxylation is 1. The largest absolute Gasteiger partial charge is 0.505 e. The molecule has 36 heavy (non-hydrogen) atoms. The number of aromatic nitrogens is 2. The molecule has 190 valence electrons. The third kappa shape index (κ3) is 4.93. The first-order valence-electron chi connectivity index (χ1n) is 11.6. The number of carbonyl (C=O) groups is 2. The summed E-state index contributed by atoms with van der Waals surface area (Å²) in [6.07, 6.45) is 1.72. The topological polar surface area (TPSA) is 128 Å². The minimum absolute atomic E-state index is 0.0582. The Morgan fingerprint density at radius 3 is 2.56 bits per heavy atom. The second kappa shape index (κ2) is 10.4. The molecule has 3 heterocycles. The van der Waals surface area contributed by atoms with Crippen LogP contribution in [0, 0.1) is 5.82 Å². The fraction of sp³-hybridized carbons (Fsp3) is 0.360. The van der Waals surface area contributed by atoms with Gasteiger partial charge < -0.3 is 29.9 Å². The zero-order valence-electron chi connectivity index (χ0n) is 20.1. The number of amides is 2. The zero-order chi connectivity index (χ0) is 26.0. The molecular weight excluding hydrogens is 469 g/mol. The number of rotatable bonds is 6. The molecule has 1 aliphatic heterocycles. The Balaban J connectivity index is 1.69. The molecule has 0 spiro atoms. The Kier molecular flexibility index (Phi) is 7.32. The molecular formula is C25H28FN5O5. The predicted octanol–water partition coefficient (Wildman–Crippen LogP) is 0.479. The Labute approximate surface area is 206 Å². The molecule has 1 aromatic carbocycles. The Hall–Kier alpha value is -3.83. The number of hydrogen-bond donors (Lipinski definition) is 3. The van der Waals surface area contributed by atoms with Crippen LogP contribution < -0.4 is 10.9 Å². The molecule has 1 fully saturated rings. The minimum Gasteiger partial charge on any atom is -0.505 e. The molecule has 10 nitrogen and oxygen atoms in total. The van der Waals surface area contributed by atoms with Crippen molar-refractivity contribution >= 4 is 22.8 Å². The van der Waals surface area contributed by atoms with Crippen LogP contribution in [0.4, 0.5) is 4.39 Å². The van der Waals surface area contributed by atoms with E-state index < -0.39 is 28.6 Å². The summed E-state index contributed by atoms with van der Waals surface area (Å²) in [5, 5.41) is 21.9. The van der Waals surface area contributed by atoms with Crippen LogP contribution in [-0.2, 0) is 13.5 Å². The van der Waals surface area contributed by atoms with Gasteiger partial charge in [-0.2, -0.15) is 0 Å². The fourth-order valence-corrected chi connectivity index (χ4v) is 4.29. The third-order valence-electron chi connectivity index (χ3n) is 6.38. The van der Waals surface area contributed by atoms with E-state index in [1.54, 1.807) is 17.0 Å². The first-order chi connectivity index (χ1) is 17.2. The number of aliphatic hydroxyl groups is 1. The molecule has 2 aromatic heterocycles. The van der Waals surface area contributed by atoms with Crippen molar-refractivity contribution in [1.82, 2.24) is 24.7 Å². The van der Waals surface area contributed by atoms with Crippen molar-refractivity contribution in [2.45, 2.75) is 6.42 Å². The summed E-state index contributed by atoms with van der Waals surface area (Å²) in [6.45, 7) is 2.20. The highest BCUT2D eigenvalue weighted by Gasteiger charge is 2.24. The number of piperazine rings is 1. The highest BCUT2D eigenvalue weighted by molar-refractivity contribution is 6.01. The van der Waals surface area contributed by atoms with Crippen LogP contribution in [0.5, 0.6) is 5.75 Å². The summed E-state index contributed by atoms with van der Waals surface area (Å²) >= 11 is 0. The Bertz CT molecular complexity index is 1380. The molecule has 4 rings (SSSR count). The maximum absolute atomic E-state index is 14.1. The van der Waals surface area contributed by atoms with Crippen molar-refractivity contribution in [1.29, 1.82) is 0 Å². The number of fused-ring (bicyclic) bond motifs is 1. The number of pyridine rings is 2. The van der Waals surface area contributed by atoms with E-state index >= 15 is 0 Å². The SMILES string of the molecule is CN1CCN(C(=O)c2cc(F)ccc2Cc2cnc3c(O)c(C(=O)NCCO)c(=O)n(C)c3c2)CC1. The average Bonchev–Trinajstić information content (AvgIpc) is 2.87.